The van der Waals surface area contributed by atoms with E-state index in [0.717, 1.165) is 17.6 Å². The second-order valence-corrected chi connectivity index (χ2v) is 7.71. The maximum absolute atomic E-state index is 12.0. The third-order valence-electron chi connectivity index (χ3n) is 3.18. The highest BCUT2D eigenvalue weighted by Gasteiger charge is 2.19. The largest absolute Gasteiger partial charge is 0.492 e. The summed E-state index contributed by atoms with van der Waals surface area (Å²) in [4.78, 5) is 13.5. The van der Waals surface area contributed by atoms with Crippen LogP contribution in [0.15, 0.2) is 24.3 Å². The van der Waals surface area contributed by atoms with Crippen LogP contribution < -0.4 is 10.5 Å². The minimum absolute atomic E-state index is 0. The number of nitrogens with two attached hydrogens (primary N) is 1. The number of hydrogen-bond donors (Lipinski definition) is 1. The summed E-state index contributed by atoms with van der Waals surface area (Å²) < 4.78 is 27.7. The van der Waals surface area contributed by atoms with Gasteiger partial charge in [-0.15, -0.1) is 12.4 Å². The summed E-state index contributed by atoms with van der Waals surface area (Å²) in [5, 5.41) is 0. The molecule has 1 unspecified atom stereocenters. The summed E-state index contributed by atoms with van der Waals surface area (Å²) in [6.45, 7) is 2.72. The third kappa shape index (κ3) is 8.78. The molecule has 0 radical (unpaired) electrons. The monoisotopic (exact) mass is 364 g/mol. The Hall–Kier alpha value is -1.31. The van der Waals surface area contributed by atoms with Gasteiger partial charge in [0.15, 0.2) is 0 Å². The fourth-order valence-electron chi connectivity index (χ4n) is 1.86. The molecule has 0 spiro atoms. The number of hydrogen-bond acceptors (Lipinski definition) is 5. The number of amides is 1. The van der Waals surface area contributed by atoms with Crippen LogP contribution in [0.1, 0.15) is 12.0 Å². The highest BCUT2D eigenvalue weighted by Crippen LogP contribution is 2.12. The fourth-order valence-corrected chi connectivity index (χ4v) is 2.55. The van der Waals surface area contributed by atoms with Gasteiger partial charge in [0.2, 0.25) is 5.91 Å². The number of likely N-dealkylation sites (N-methyl/N-ethyl adjacent to an activating group) is 1. The van der Waals surface area contributed by atoms with E-state index in [0.29, 0.717) is 13.2 Å². The molecule has 0 saturated carbocycles. The minimum Gasteiger partial charge on any atom is -0.492 e. The molecule has 2 N–H and O–H groups in total. The van der Waals surface area contributed by atoms with Gasteiger partial charge in [0.1, 0.15) is 22.2 Å². The van der Waals surface area contributed by atoms with Gasteiger partial charge in [-0.2, -0.15) is 0 Å². The Kier molecular flexibility index (Phi) is 9.19. The maximum atomic E-state index is 12.0. The lowest BCUT2D eigenvalue weighted by atomic mass is 10.2. The van der Waals surface area contributed by atoms with Crippen molar-refractivity contribution in [2.75, 3.05) is 32.2 Å². The molecule has 132 valence electrons. The van der Waals surface area contributed by atoms with E-state index < -0.39 is 15.9 Å². The van der Waals surface area contributed by atoms with Crippen molar-refractivity contribution in [1.82, 2.24) is 4.90 Å². The summed E-state index contributed by atoms with van der Waals surface area (Å²) in [5.74, 6) is 0.381. The molecular weight excluding hydrogens is 340 g/mol. The number of ether oxygens (including phenoxy) is 1. The zero-order chi connectivity index (χ0) is 16.8. The summed E-state index contributed by atoms with van der Waals surface area (Å²) in [5.41, 5.74) is 6.83. The van der Waals surface area contributed by atoms with Gasteiger partial charge >= 0.3 is 0 Å². The van der Waals surface area contributed by atoms with Crippen LogP contribution in [0.2, 0.25) is 0 Å². The molecule has 0 aliphatic rings. The van der Waals surface area contributed by atoms with Crippen LogP contribution in [0.3, 0.4) is 0 Å². The Bertz CT molecular complexity index is 607. The number of carbonyl (C=O) groups is 1. The van der Waals surface area contributed by atoms with Gasteiger partial charge in [-0.05, 0) is 31.0 Å². The molecule has 0 heterocycles. The highest BCUT2D eigenvalue weighted by atomic mass is 35.5. The summed E-state index contributed by atoms with van der Waals surface area (Å²) in [7, 11) is -1.48. The first-order chi connectivity index (χ1) is 10.2. The normalized spacial score (nSPS) is 12.2. The van der Waals surface area contributed by atoms with Gasteiger partial charge in [-0.25, -0.2) is 8.42 Å². The smallest absolute Gasteiger partial charge is 0.239 e. The minimum atomic E-state index is -3.11. The van der Waals surface area contributed by atoms with Crippen molar-refractivity contribution in [3.05, 3.63) is 29.8 Å². The number of carbonyl (C=O) groups excluding carboxylic acids is 1. The van der Waals surface area contributed by atoms with Crippen LogP contribution in [0, 0.1) is 6.92 Å². The quantitative estimate of drug-likeness (QED) is 0.743. The molecule has 0 saturated heterocycles. The topological polar surface area (TPSA) is 89.7 Å². The molecular formula is C15H25ClN2O4S. The third-order valence-corrected chi connectivity index (χ3v) is 4.16. The molecule has 1 amide bonds. The van der Waals surface area contributed by atoms with Crippen molar-refractivity contribution in [1.29, 1.82) is 0 Å². The van der Waals surface area contributed by atoms with Crippen LogP contribution in [-0.4, -0.2) is 57.5 Å². The molecule has 0 aliphatic heterocycles. The molecule has 0 aliphatic carbocycles. The lowest BCUT2D eigenvalue weighted by Crippen LogP contribution is -2.44. The lowest BCUT2D eigenvalue weighted by Gasteiger charge is -2.21. The molecule has 1 aromatic carbocycles. The molecule has 1 aromatic rings. The predicted octanol–water partition coefficient (Wildman–Crippen LogP) is 1.02. The van der Waals surface area contributed by atoms with Gasteiger partial charge in [-0.3, -0.25) is 4.79 Å². The first-order valence-electron chi connectivity index (χ1n) is 7.07. The van der Waals surface area contributed by atoms with E-state index in [9.17, 15) is 13.2 Å². The van der Waals surface area contributed by atoms with Gasteiger partial charge < -0.3 is 15.4 Å². The Morgan fingerprint density at radius 1 is 1.39 bits per heavy atom. The average Bonchev–Trinajstić information content (AvgIpc) is 2.43. The Morgan fingerprint density at radius 2 is 2.04 bits per heavy atom. The van der Waals surface area contributed by atoms with Crippen molar-refractivity contribution in [2.24, 2.45) is 5.73 Å². The molecule has 0 aromatic heterocycles. The first kappa shape index (κ1) is 21.7. The molecule has 1 atom stereocenters. The molecule has 1 rings (SSSR count). The molecule has 0 bridgehead atoms. The number of nitrogens with zero attached hydrogens (tertiary/aromatic N) is 1. The highest BCUT2D eigenvalue weighted by molar-refractivity contribution is 7.90. The van der Waals surface area contributed by atoms with E-state index in [-0.39, 0.29) is 30.5 Å². The lowest BCUT2D eigenvalue weighted by molar-refractivity contribution is -0.131. The van der Waals surface area contributed by atoms with E-state index in [1.165, 1.54) is 4.90 Å². The number of halogens is 1. The van der Waals surface area contributed by atoms with Gasteiger partial charge in [-0.1, -0.05) is 12.1 Å². The first-order valence-corrected chi connectivity index (χ1v) is 9.13. The standard InChI is InChI=1S/C15H24N2O4S.ClH/c1-12-5-4-6-13(11-12)21-9-8-17(2)15(18)14(16)7-10-22(3,19)20;/h4-6,11,14H,7-10,16H2,1-3H3;1H. The number of aryl methyl sites for hydroxylation is 1. The summed E-state index contributed by atoms with van der Waals surface area (Å²) in [6.07, 6.45) is 1.25. The van der Waals surface area contributed by atoms with Crippen molar-refractivity contribution in [2.45, 2.75) is 19.4 Å². The second-order valence-electron chi connectivity index (χ2n) is 5.45. The number of benzene rings is 1. The summed E-state index contributed by atoms with van der Waals surface area (Å²) >= 11 is 0. The zero-order valence-electron chi connectivity index (χ0n) is 13.7. The van der Waals surface area contributed by atoms with E-state index in [1.807, 2.05) is 31.2 Å². The van der Waals surface area contributed by atoms with Gasteiger partial charge in [0.25, 0.3) is 0 Å². The Morgan fingerprint density at radius 3 is 2.61 bits per heavy atom. The molecule has 8 heteroatoms. The van der Waals surface area contributed by atoms with Crippen molar-refractivity contribution in [3.63, 3.8) is 0 Å². The van der Waals surface area contributed by atoms with Crippen molar-refractivity contribution in [3.8, 4) is 5.75 Å². The van der Waals surface area contributed by atoms with Crippen LogP contribution >= 0.6 is 12.4 Å². The van der Waals surface area contributed by atoms with Gasteiger partial charge in [0, 0.05) is 13.3 Å². The number of sulfone groups is 1. The number of rotatable bonds is 8. The SMILES string of the molecule is Cc1cccc(OCCN(C)C(=O)C(N)CCS(C)(=O)=O)c1.Cl. The molecule has 23 heavy (non-hydrogen) atoms. The molecule has 0 fully saturated rings. The van der Waals surface area contributed by atoms with Crippen LogP contribution in [0.4, 0.5) is 0 Å². The Balaban J connectivity index is 0.00000484. The van der Waals surface area contributed by atoms with Crippen molar-refractivity contribution < 1.29 is 17.9 Å². The molecule has 6 nitrogen and oxygen atoms in total. The van der Waals surface area contributed by atoms with Gasteiger partial charge in [0.05, 0.1) is 18.3 Å². The van der Waals surface area contributed by atoms with Crippen LogP contribution in [0.5, 0.6) is 5.75 Å². The maximum Gasteiger partial charge on any atom is 0.239 e. The van der Waals surface area contributed by atoms with E-state index >= 15 is 0 Å². The van der Waals surface area contributed by atoms with E-state index in [4.69, 9.17) is 10.5 Å². The van der Waals surface area contributed by atoms with Crippen LogP contribution in [0.25, 0.3) is 0 Å². The second kappa shape index (κ2) is 9.75. The zero-order valence-corrected chi connectivity index (χ0v) is 15.3. The summed E-state index contributed by atoms with van der Waals surface area (Å²) in [6, 6.07) is 6.84. The van der Waals surface area contributed by atoms with E-state index in [2.05, 4.69) is 0 Å². The predicted molar refractivity (Wildman–Crippen MR) is 93.9 cm³/mol. The Labute approximate surface area is 144 Å². The fraction of sp³-hybridized carbons (Fsp3) is 0.533. The average molecular weight is 365 g/mol. The van der Waals surface area contributed by atoms with Crippen LogP contribution in [-0.2, 0) is 14.6 Å². The van der Waals surface area contributed by atoms with Crippen molar-refractivity contribution >= 4 is 28.2 Å². The van der Waals surface area contributed by atoms with E-state index in [1.54, 1.807) is 7.05 Å².